The average Bonchev–Trinajstić information content (AvgIpc) is 3.19. The number of urea groups is 1. The summed E-state index contributed by atoms with van der Waals surface area (Å²) in [5.41, 5.74) is 0.844. The highest BCUT2D eigenvalue weighted by atomic mass is 35.5. The number of aromatic nitrogens is 2. The molecular weight excluding hydrogens is 473 g/mol. The molecule has 0 unspecified atom stereocenters. The van der Waals surface area contributed by atoms with E-state index in [2.05, 4.69) is 25.5 Å². The maximum Gasteiger partial charge on any atom is 0.443 e. The van der Waals surface area contributed by atoms with E-state index in [0.717, 1.165) is 0 Å². The Kier molecular flexibility index (Phi) is 7.85. The molecule has 3 aromatic rings. The van der Waals surface area contributed by atoms with Gasteiger partial charge in [0.1, 0.15) is 13.2 Å². The number of ether oxygens (including phenoxy) is 1. The molecule has 8 nitrogen and oxygen atoms in total. The van der Waals surface area contributed by atoms with Gasteiger partial charge in [-0.15, -0.1) is 11.3 Å². The zero-order chi connectivity index (χ0) is 23.1. The van der Waals surface area contributed by atoms with Crippen molar-refractivity contribution < 1.29 is 32.8 Å². The smallest absolute Gasteiger partial charge is 0.443 e. The molecule has 0 spiro atoms. The number of carbonyl (C=O) groups is 1. The molecule has 170 valence electrons. The van der Waals surface area contributed by atoms with Crippen LogP contribution in [0.25, 0.3) is 11.3 Å². The lowest BCUT2D eigenvalue weighted by molar-refractivity contribution is -0.245. The Bertz CT molecular complexity index is 1060. The van der Waals surface area contributed by atoms with Crippen LogP contribution in [0.5, 0.6) is 5.88 Å². The van der Waals surface area contributed by atoms with Crippen LogP contribution in [-0.4, -0.2) is 34.5 Å². The van der Waals surface area contributed by atoms with Crippen molar-refractivity contribution in [2.24, 2.45) is 0 Å². The number of carbonyl (C=O) groups excluding carboxylic acids is 1. The standard InChI is InChI=1S/C19H16ClF3N4O4S/c20-12-3-1-2-11(8-12)16-14(32-17(27-16)19(21,22)23)10-25-18(28)26-13-4-5-15(24-9-13)30-6-7-31-29/h1-5,8-9,29H,6-7,10H2,(H2,25,26,28). The van der Waals surface area contributed by atoms with Gasteiger partial charge in [0, 0.05) is 16.7 Å². The Morgan fingerprint density at radius 3 is 2.69 bits per heavy atom. The lowest BCUT2D eigenvalue weighted by atomic mass is 10.1. The molecule has 0 bridgehead atoms. The maximum atomic E-state index is 13.2. The number of nitrogens with one attached hydrogen (secondary N) is 2. The van der Waals surface area contributed by atoms with Gasteiger partial charge in [-0.1, -0.05) is 23.7 Å². The van der Waals surface area contributed by atoms with Crippen LogP contribution >= 0.6 is 22.9 Å². The minimum Gasteiger partial charge on any atom is -0.475 e. The summed E-state index contributed by atoms with van der Waals surface area (Å²) in [6.45, 7) is -0.132. The summed E-state index contributed by atoms with van der Waals surface area (Å²) in [5.74, 6) is 0.253. The number of thiazole rings is 1. The number of amides is 2. The zero-order valence-electron chi connectivity index (χ0n) is 16.1. The van der Waals surface area contributed by atoms with E-state index in [-0.39, 0.29) is 36.2 Å². The first kappa shape index (κ1) is 23.7. The summed E-state index contributed by atoms with van der Waals surface area (Å²) in [6.07, 6.45) is -3.28. The Morgan fingerprint density at radius 1 is 1.22 bits per heavy atom. The van der Waals surface area contributed by atoms with Gasteiger partial charge in [0.15, 0.2) is 5.01 Å². The molecule has 3 rings (SSSR count). The highest BCUT2D eigenvalue weighted by Crippen LogP contribution is 2.38. The van der Waals surface area contributed by atoms with E-state index in [1.807, 2.05) is 0 Å². The molecule has 0 radical (unpaired) electrons. The zero-order valence-corrected chi connectivity index (χ0v) is 17.7. The number of benzene rings is 1. The maximum absolute atomic E-state index is 13.2. The lowest BCUT2D eigenvalue weighted by Gasteiger charge is -2.09. The third-order valence-corrected chi connectivity index (χ3v) is 5.20. The number of alkyl halides is 3. The van der Waals surface area contributed by atoms with E-state index in [1.165, 1.54) is 24.4 Å². The van der Waals surface area contributed by atoms with Crippen molar-refractivity contribution in [2.45, 2.75) is 12.7 Å². The van der Waals surface area contributed by atoms with Gasteiger partial charge < -0.3 is 15.4 Å². The van der Waals surface area contributed by atoms with Gasteiger partial charge in [0.05, 0.1) is 29.0 Å². The summed E-state index contributed by atoms with van der Waals surface area (Å²) in [5, 5.41) is 12.6. The number of halogens is 4. The molecule has 0 atom stereocenters. The minimum atomic E-state index is -4.61. The summed E-state index contributed by atoms with van der Waals surface area (Å²) in [7, 11) is 0. The second-order valence-corrected chi connectivity index (χ2v) is 7.69. The van der Waals surface area contributed by atoms with E-state index < -0.39 is 17.2 Å². The van der Waals surface area contributed by atoms with Gasteiger partial charge in [-0.25, -0.2) is 19.7 Å². The molecule has 0 aliphatic heterocycles. The van der Waals surface area contributed by atoms with Crippen LogP contribution in [0.2, 0.25) is 5.02 Å². The van der Waals surface area contributed by atoms with E-state index in [4.69, 9.17) is 21.6 Å². The lowest BCUT2D eigenvalue weighted by Crippen LogP contribution is -2.28. The van der Waals surface area contributed by atoms with Crippen LogP contribution in [0, 0.1) is 0 Å². The van der Waals surface area contributed by atoms with Gasteiger partial charge in [0.2, 0.25) is 5.88 Å². The van der Waals surface area contributed by atoms with Gasteiger partial charge in [-0.3, -0.25) is 5.26 Å². The van der Waals surface area contributed by atoms with E-state index in [9.17, 15) is 18.0 Å². The van der Waals surface area contributed by atoms with Gasteiger partial charge in [-0.05, 0) is 18.2 Å². The minimum absolute atomic E-state index is 0.0328. The van der Waals surface area contributed by atoms with Gasteiger partial charge in [0.25, 0.3) is 0 Å². The SMILES string of the molecule is O=C(NCc1sc(C(F)(F)F)nc1-c1cccc(Cl)c1)Nc1ccc(OCCOO)nc1. The number of rotatable bonds is 8. The van der Waals surface area contributed by atoms with Crippen LogP contribution < -0.4 is 15.4 Å². The molecule has 1 aromatic carbocycles. The van der Waals surface area contributed by atoms with Crippen molar-refractivity contribution in [2.75, 3.05) is 18.5 Å². The fourth-order valence-corrected chi connectivity index (χ4v) is 3.59. The summed E-state index contributed by atoms with van der Waals surface area (Å²) < 4.78 is 44.7. The van der Waals surface area contributed by atoms with Crippen molar-refractivity contribution in [1.29, 1.82) is 0 Å². The molecule has 2 amide bonds. The van der Waals surface area contributed by atoms with Crippen LogP contribution in [0.4, 0.5) is 23.7 Å². The molecule has 2 aromatic heterocycles. The van der Waals surface area contributed by atoms with Crippen LogP contribution in [-0.2, 0) is 17.6 Å². The first-order valence-corrected chi connectivity index (χ1v) is 10.2. The first-order valence-electron chi connectivity index (χ1n) is 8.99. The summed E-state index contributed by atoms with van der Waals surface area (Å²) >= 11 is 6.40. The third kappa shape index (κ3) is 6.53. The number of hydrogen-bond donors (Lipinski definition) is 3. The summed E-state index contributed by atoms with van der Waals surface area (Å²) in [6, 6.07) is 8.66. The van der Waals surface area contributed by atoms with Gasteiger partial charge >= 0.3 is 12.2 Å². The van der Waals surface area contributed by atoms with Crippen molar-refractivity contribution in [3.05, 3.63) is 57.5 Å². The van der Waals surface area contributed by atoms with E-state index >= 15 is 0 Å². The molecular formula is C19H16ClF3N4O4S. The van der Waals surface area contributed by atoms with E-state index in [0.29, 0.717) is 27.6 Å². The molecule has 3 N–H and O–H groups in total. The molecule has 13 heteroatoms. The average molecular weight is 489 g/mol. The van der Waals surface area contributed by atoms with Crippen molar-refractivity contribution in [1.82, 2.24) is 15.3 Å². The second kappa shape index (κ2) is 10.6. The Morgan fingerprint density at radius 2 is 2.03 bits per heavy atom. The number of anilines is 1. The number of hydrogen-bond acceptors (Lipinski definition) is 7. The molecule has 2 heterocycles. The van der Waals surface area contributed by atoms with Crippen molar-refractivity contribution in [3.63, 3.8) is 0 Å². The third-order valence-electron chi connectivity index (χ3n) is 3.87. The first-order chi connectivity index (χ1) is 15.3. The fraction of sp³-hybridized carbons (Fsp3) is 0.211. The fourth-order valence-electron chi connectivity index (χ4n) is 2.51. The number of pyridine rings is 1. The Hall–Kier alpha value is -2.93. The largest absolute Gasteiger partial charge is 0.475 e. The molecule has 0 fully saturated rings. The molecule has 0 aliphatic carbocycles. The molecule has 0 saturated carbocycles. The highest BCUT2D eigenvalue weighted by molar-refractivity contribution is 7.12. The van der Waals surface area contributed by atoms with Gasteiger partial charge in [-0.2, -0.15) is 13.2 Å². The van der Waals surface area contributed by atoms with Crippen LogP contribution in [0.15, 0.2) is 42.6 Å². The van der Waals surface area contributed by atoms with Crippen LogP contribution in [0.3, 0.4) is 0 Å². The van der Waals surface area contributed by atoms with Crippen LogP contribution in [0.1, 0.15) is 9.88 Å². The van der Waals surface area contributed by atoms with Crippen molar-refractivity contribution in [3.8, 4) is 17.1 Å². The Labute approximate surface area is 188 Å². The topological polar surface area (TPSA) is 106 Å². The van der Waals surface area contributed by atoms with E-state index in [1.54, 1.807) is 18.2 Å². The normalized spacial score (nSPS) is 11.3. The molecule has 32 heavy (non-hydrogen) atoms. The monoisotopic (exact) mass is 488 g/mol. The predicted octanol–water partition coefficient (Wildman–Crippen LogP) is 5.07. The Balaban J connectivity index is 1.66. The molecule has 0 saturated heterocycles. The van der Waals surface area contributed by atoms with Crippen molar-refractivity contribution >= 4 is 34.7 Å². The number of nitrogens with zero attached hydrogens (tertiary/aromatic N) is 2. The highest BCUT2D eigenvalue weighted by Gasteiger charge is 2.36. The predicted molar refractivity (Wildman–Crippen MR) is 112 cm³/mol. The summed E-state index contributed by atoms with van der Waals surface area (Å²) in [4.78, 5) is 24.0. The second-order valence-electron chi connectivity index (χ2n) is 6.17. The quantitative estimate of drug-likeness (QED) is 0.232. The molecule has 0 aliphatic rings.